The number of alkyl halides is 2. The number of pyridine rings is 2. The smallest absolute Gasteiger partial charge is 0.239 e. The Morgan fingerprint density at radius 1 is 0.892 bits per heavy atom. The lowest BCUT2D eigenvalue weighted by Gasteiger charge is -2.17. The van der Waals surface area contributed by atoms with E-state index in [4.69, 9.17) is 0 Å². The molecule has 37 heavy (non-hydrogen) atoms. The number of fused-ring (bicyclic) bond motifs is 1. The highest BCUT2D eigenvalue weighted by Crippen LogP contribution is 2.38. The zero-order chi connectivity index (χ0) is 25.9. The summed E-state index contributed by atoms with van der Waals surface area (Å²) < 4.78 is 53.8. The average Bonchev–Trinajstić information content (AvgIpc) is 3.27. The zero-order valence-electron chi connectivity index (χ0n) is 19.3. The third kappa shape index (κ3) is 5.20. The van der Waals surface area contributed by atoms with Gasteiger partial charge in [0.1, 0.15) is 17.5 Å². The predicted octanol–water partition coefficient (Wildman–Crippen LogP) is 6.95. The van der Waals surface area contributed by atoms with Gasteiger partial charge in [-0.25, -0.2) is 22.5 Å². The number of hydrogen-bond acceptors (Lipinski definition) is 3. The quantitative estimate of drug-likeness (QED) is 0.236. The monoisotopic (exact) mass is 504 g/mol. The van der Waals surface area contributed by atoms with Crippen LogP contribution >= 0.6 is 0 Å². The maximum absolute atomic E-state index is 13.9. The number of nitrogens with zero attached hydrogens (tertiary/aromatic N) is 2. The number of hydrogen-bond donors (Lipinski definition) is 2. The molecule has 1 atom stereocenters. The molecule has 2 aromatic carbocycles. The van der Waals surface area contributed by atoms with Crippen molar-refractivity contribution in [2.24, 2.45) is 0 Å². The maximum Gasteiger partial charge on any atom is 0.239 e. The van der Waals surface area contributed by atoms with Crippen molar-refractivity contribution in [1.29, 1.82) is 0 Å². The van der Waals surface area contributed by atoms with Gasteiger partial charge in [-0.3, -0.25) is 9.78 Å². The van der Waals surface area contributed by atoms with Gasteiger partial charge in [0.25, 0.3) is 0 Å². The minimum atomic E-state index is -2.74. The fourth-order valence-corrected chi connectivity index (χ4v) is 4.29. The van der Waals surface area contributed by atoms with E-state index in [0.29, 0.717) is 22.3 Å². The highest BCUT2D eigenvalue weighted by atomic mass is 19.3. The number of aromatic nitrogens is 3. The number of nitrogens with one attached hydrogen (secondary N) is 2. The van der Waals surface area contributed by atoms with Crippen LogP contribution in [0.1, 0.15) is 17.9 Å². The number of benzene rings is 2. The molecule has 0 saturated carbocycles. The maximum atomic E-state index is 13.9. The number of H-pyrrole nitrogens is 1. The summed E-state index contributed by atoms with van der Waals surface area (Å²) in [5.74, 6) is -2.78. The second-order valence-corrected chi connectivity index (χ2v) is 8.44. The number of carbonyl (C=O) groups is 1. The van der Waals surface area contributed by atoms with Crippen LogP contribution in [0.4, 0.5) is 23.4 Å². The summed E-state index contributed by atoms with van der Waals surface area (Å²) in [4.78, 5) is 24.7. The van der Waals surface area contributed by atoms with Gasteiger partial charge >= 0.3 is 0 Å². The van der Waals surface area contributed by atoms with E-state index in [-0.39, 0.29) is 11.4 Å². The molecule has 5 rings (SSSR count). The van der Waals surface area contributed by atoms with Gasteiger partial charge in [0.05, 0.1) is 28.8 Å². The zero-order valence-corrected chi connectivity index (χ0v) is 19.3. The third-order valence-electron chi connectivity index (χ3n) is 5.97. The van der Waals surface area contributed by atoms with Crippen molar-refractivity contribution >= 4 is 22.8 Å². The number of halogens is 4. The molecule has 0 aliphatic carbocycles. The SMILES string of the molecule is O=C(Nc1cc(-c2[nH]c3cc(F)cnc3c2-c2ccccc2)ccn1)C(CC(F)F)c1ccc(F)cc1. The molecule has 0 aliphatic rings. The molecule has 5 aromatic rings. The Hall–Kier alpha value is -4.53. The molecule has 0 spiro atoms. The highest BCUT2D eigenvalue weighted by Gasteiger charge is 2.25. The Morgan fingerprint density at radius 2 is 1.65 bits per heavy atom. The van der Waals surface area contributed by atoms with E-state index >= 15 is 0 Å². The normalized spacial score (nSPS) is 12.1. The Morgan fingerprint density at radius 3 is 2.38 bits per heavy atom. The molecule has 0 saturated heterocycles. The van der Waals surface area contributed by atoms with Crippen LogP contribution in [0.25, 0.3) is 33.4 Å². The van der Waals surface area contributed by atoms with Gasteiger partial charge in [0, 0.05) is 29.8 Å². The summed E-state index contributed by atoms with van der Waals surface area (Å²) in [7, 11) is 0. The second-order valence-electron chi connectivity index (χ2n) is 8.44. The van der Waals surface area contributed by atoms with Crippen molar-refractivity contribution < 1.29 is 22.4 Å². The molecule has 186 valence electrons. The fourth-order valence-electron chi connectivity index (χ4n) is 4.29. The molecule has 0 fully saturated rings. The lowest BCUT2D eigenvalue weighted by molar-refractivity contribution is -0.118. The average molecular weight is 504 g/mol. The van der Waals surface area contributed by atoms with Gasteiger partial charge in [0.2, 0.25) is 12.3 Å². The summed E-state index contributed by atoms with van der Waals surface area (Å²) in [5.41, 5.74) is 4.16. The van der Waals surface area contributed by atoms with Crippen molar-refractivity contribution in [3.63, 3.8) is 0 Å². The first kappa shape index (κ1) is 24.2. The first-order chi connectivity index (χ1) is 17.9. The Labute approximate surface area is 209 Å². The second kappa shape index (κ2) is 10.2. The first-order valence-corrected chi connectivity index (χ1v) is 11.4. The molecule has 0 bridgehead atoms. The number of anilines is 1. The van der Waals surface area contributed by atoms with Crippen LogP contribution in [0.5, 0.6) is 0 Å². The van der Waals surface area contributed by atoms with Gasteiger partial charge in [-0.15, -0.1) is 0 Å². The van der Waals surface area contributed by atoms with Gasteiger partial charge < -0.3 is 10.3 Å². The topological polar surface area (TPSA) is 70.7 Å². The molecular weight excluding hydrogens is 484 g/mol. The van der Waals surface area contributed by atoms with Crippen LogP contribution in [0, 0.1) is 11.6 Å². The molecule has 0 radical (unpaired) electrons. The lowest BCUT2D eigenvalue weighted by Crippen LogP contribution is -2.23. The first-order valence-electron chi connectivity index (χ1n) is 11.4. The van der Waals surface area contributed by atoms with Crippen LogP contribution in [0.2, 0.25) is 0 Å². The number of carbonyl (C=O) groups excluding carboxylic acids is 1. The lowest BCUT2D eigenvalue weighted by atomic mass is 9.95. The van der Waals surface area contributed by atoms with Crippen molar-refractivity contribution in [3.05, 3.63) is 102 Å². The van der Waals surface area contributed by atoms with Gasteiger partial charge in [0.15, 0.2) is 0 Å². The van der Waals surface area contributed by atoms with E-state index in [2.05, 4.69) is 20.3 Å². The molecule has 0 aliphatic heterocycles. The van der Waals surface area contributed by atoms with E-state index in [0.717, 1.165) is 29.5 Å². The fraction of sp³-hybridized carbons (Fsp3) is 0.107. The number of rotatable bonds is 7. The van der Waals surface area contributed by atoms with E-state index < -0.39 is 36.3 Å². The van der Waals surface area contributed by atoms with Crippen molar-refractivity contribution in [3.8, 4) is 22.4 Å². The van der Waals surface area contributed by atoms with E-state index in [1.54, 1.807) is 12.1 Å². The standard InChI is InChI=1S/C28H20F4N4O/c29-19-8-6-16(7-9-19)21(14-23(31)32)28(37)36-24-12-18(10-11-33-24)26-25(17-4-2-1-3-5-17)27-22(35-26)13-20(30)15-34-27/h1-13,15,21,23,35H,14H2,(H,33,36,37). The van der Waals surface area contributed by atoms with Crippen LogP contribution in [0.15, 0.2) is 85.2 Å². The van der Waals surface area contributed by atoms with E-state index in [9.17, 15) is 22.4 Å². The van der Waals surface area contributed by atoms with Crippen LogP contribution in [-0.4, -0.2) is 27.3 Å². The molecule has 2 N–H and O–H groups in total. The minimum absolute atomic E-state index is 0.140. The molecular formula is C28H20F4N4O. The van der Waals surface area contributed by atoms with Crippen molar-refractivity contribution in [1.82, 2.24) is 15.0 Å². The van der Waals surface area contributed by atoms with Crippen LogP contribution in [-0.2, 0) is 4.79 Å². The Kier molecular flexibility index (Phi) is 6.68. The highest BCUT2D eigenvalue weighted by molar-refractivity contribution is 6.02. The molecule has 9 heteroatoms. The summed E-state index contributed by atoms with van der Waals surface area (Å²) >= 11 is 0. The molecule has 1 amide bonds. The third-order valence-corrected chi connectivity index (χ3v) is 5.97. The van der Waals surface area contributed by atoms with Gasteiger partial charge in [-0.1, -0.05) is 42.5 Å². The van der Waals surface area contributed by atoms with Crippen molar-refractivity contribution in [2.45, 2.75) is 18.8 Å². The summed E-state index contributed by atoms with van der Waals surface area (Å²) in [6.07, 6.45) is -0.857. The Balaban J connectivity index is 1.52. The van der Waals surface area contributed by atoms with E-state index in [1.807, 2.05) is 30.3 Å². The predicted molar refractivity (Wildman–Crippen MR) is 133 cm³/mol. The van der Waals surface area contributed by atoms with Gasteiger partial charge in [-0.2, -0.15) is 0 Å². The summed E-state index contributed by atoms with van der Waals surface area (Å²) in [5, 5.41) is 2.61. The summed E-state index contributed by atoms with van der Waals surface area (Å²) in [6.45, 7) is 0. The minimum Gasteiger partial charge on any atom is -0.353 e. The molecule has 3 aromatic heterocycles. The van der Waals surface area contributed by atoms with E-state index in [1.165, 1.54) is 24.4 Å². The molecule has 1 unspecified atom stereocenters. The number of aromatic amines is 1. The van der Waals surface area contributed by atoms with Crippen molar-refractivity contribution in [2.75, 3.05) is 5.32 Å². The largest absolute Gasteiger partial charge is 0.353 e. The number of amides is 1. The summed E-state index contributed by atoms with van der Waals surface area (Å²) in [6, 6.07) is 18.9. The molecule has 5 nitrogen and oxygen atoms in total. The Bertz CT molecular complexity index is 1550. The van der Waals surface area contributed by atoms with Gasteiger partial charge in [-0.05, 0) is 35.4 Å². The van der Waals surface area contributed by atoms with Crippen LogP contribution < -0.4 is 5.32 Å². The molecule has 3 heterocycles. The van der Waals surface area contributed by atoms with Crippen LogP contribution in [0.3, 0.4) is 0 Å².